The van der Waals surface area contributed by atoms with Crippen LogP contribution in [0.2, 0.25) is 0 Å². The number of hydrogen-bond donors (Lipinski definition) is 1. The molecule has 0 radical (unpaired) electrons. The van der Waals surface area contributed by atoms with E-state index in [9.17, 15) is 13.2 Å². The van der Waals surface area contributed by atoms with Gasteiger partial charge in [0.2, 0.25) is 10.0 Å². The molecule has 106 valence electrons. The number of rotatable bonds is 7. The summed E-state index contributed by atoms with van der Waals surface area (Å²) < 4.78 is 26.5. The molecule has 0 aromatic heterocycles. The van der Waals surface area contributed by atoms with E-state index in [0.29, 0.717) is 12.8 Å². The molecule has 0 saturated heterocycles. The van der Waals surface area contributed by atoms with Crippen LogP contribution in [0.25, 0.3) is 0 Å². The molecule has 1 rings (SSSR count). The fraction of sp³-hybridized carbons (Fsp3) is 0.500. The number of ketones is 1. The minimum atomic E-state index is -3.47. The van der Waals surface area contributed by atoms with E-state index in [1.807, 2.05) is 20.8 Å². The summed E-state index contributed by atoms with van der Waals surface area (Å²) >= 11 is 0. The molecule has 0 aliphatic carbocycles. The lowest BCUT2D eigenvalue weighted by Gasteiger charge is -2.10. The van der Waals surface area contributed by atoms with Gasteiger partial charge in [-0.3, -0.25) is 4.79 Å². The summed E-state index contributed by atoms with van der Waals surface area (Å²) in [6.07, 6.45) is 1.02. The molecule has 1 atom stereocenters. The molecule has 0 unspecified atom stereocenters. The molecular formula is C14H21NO3S. The summed E-state index contributed by atoms with van der Waals surface area (Å²) in [7, 11) is -3.47. The molecule has 4 nitrogen and oxygen atoms in total. The Balaban J connectivity index is 2.57. The first-order valence-corrected chi connectivity index (χ1v) is 7.94. The third kappa shape index (κ3) is 4.76. The van der Waals surface area contributed by atoms with Crippen LogP contribution >= 0.6 is 0 Å². The number of sulfonamides is 1. The Labute approximate surface area is 115 Å². The molecule has 19 heavy (non-hydrogen) atoms. The summed E-state index contributed by atoms with van der Waals surface area (Å²) in [6.45, 7) is 5.83. The number of benzene rings is 1. The first-order chi connectivity index (χ1) is 8.86. The fourth-order valence-corrected chi connectivity index (χ4v) is 2.77. The number of carbonyl (C=O) groups is 1. The molecule has 0 saturated carbocycles. The van der Waals surface area contributed by atoms with Crippen molar-refractivity contribution in [2.75, 3.05) is 6.54 Å². The van der Waals surface area contributed by atoms with E-state index in [0.717, 1.165) is 5.56 Å². The van der Waals surface area contributed by atoms with Crippen molar-refractivity contribution < 1.29 is 13.2 Å². The van der Waals surface area contributed by atoms with Crippen LogP contribution in [-0.4, -0.2) is 20.7 Å². The smallest absolute Gasteiger partial charge is 0.240 e. The van der Waals surface area contributed by atoms with E-state index in [2.05, 4.69) is 4.72 Å². The number of carbonyl (C=O) groups excluding carboxylic acids is 1. The standard InChI is InChI=1S/C14H21NO3S/c1-4-14(16)12(3)9-10-15-19(17,18)13-7-5-11(2)6-8-13/h5-8,12,15H,4,9-10H2,1-3H3/t12-/m0/s1. The topological polar surface area (TPSA) is 63.2 Å². The molecular weight excluding hydrogens is 262 g/mol. The molecule has 1 aromatic carbocycles. The summed E-state index contributed by atoms with van der Waals surface area (Å²) in [5.74, 6) is 0.0558. The van der Waals surface area contributed by atoms with Crippen molar-refractivity contribution in [2.24, 2.45) is 5.92 Å². The van der Waals surface area contributed by atoms with E-state index in [1.165, 1.54) is 0 Å². The predicted octanol–water partition coefficient (Wildman–Crippen LogP) is 2.28. The first-order valence-electron chi connectivity index (χ1n) is 6.46. The quantitative estimate of drug-likeness (QED) is 0.835. The maximum atomic E-state index is 12.0. The van der Waals surface area contributed by atoms with Crippen LogP contribution in [0.5, 0.6) is 0 Å². The van der Waals surface area contributed by atoms with Crippen LogP contribution in [0.3, 0.4) is 0 Å². The van der Waals surface area contributed by atoms with Crippen LogP contribution < -0.4 is 4.72 Å². The molecule has 0 amide bonds. The van der Waals surface area contributed by atoms with Crippen molar-refractivity contribution in [2.45, 2.75) is 38.5 Å². The minimum absolute atomic E-state index is 0.106. The van der Waals surface area contributed by atoms with Crippen molar-refractivity contribution in [1.82, 2.24) is 4.72 Å². The lowest BCUT2D eigenvalue weighted by atomic mass is 10.0. The Bertz CT molecular complexity index is 520. The average Bonchev–Trinajstić information content (AvgIpc) is 2.37. The number of Topliss-reactive ketones (excluding diaryl/α,β-unsaturated/α-hetero) is 1. The zero-order valence-corrected chi connectivity index (χ0v) is 12.5. The molecule has 5 heteroatoms. The second-order valence-electron chi connectivity index (χ2n) is 4.72. The molecule has 1 N–H and O–H groups in total. The second kappa shape index (κ2) is 6.82. The van der Waals surface area contributed by atoms with E-state index < -0.39 is 10.0 Å². The number of aryl methyl sites for hydroxylation is 1. The molecule has 1 aromatic rings. The Hall–Kier alpha value is -1.20. The van der Waals surface area contributed by atoms with E-state index in [1.54, 1.807) is 24.3 Å². The summed E-state index contributed by atoms with van der Waals surface area (Å²) in [5, 5.41) is 0. The van der Waals surface area contributed by atoms with Gasteiger partial charge in [-0.05, 0) is 25.5 Å². The third-order valence-corrected chi connectivity index (χ3v) is 4.58. The van der Waals surface area contributed by atoms with Crippen molar-refractivity contribution in [3.8, 4) is 0 Å². The highest BCUT2D eigenvalue weighted by atomic mass is 32.2. The van der Waals surface area contributed by atoms with Crippen LogP contribution in [-0.2, 0) is 14.8 Å². The van der Waals surface area contributed by atoms with Gasteiger partial charge in [0.25, 0.3) is 0 Å². The zero-order valence-electron chi connectivity index (χ0n) is 11.6. The SMILES string of the molecule is CCC(=O)[C@@H](C)CCNS(=O)(=O)c1ccc(C)cc1. The minimum Gasteiger partial charge on any atom is -0.299 e. The fourth-order valence-electron chi connectivity index (χ4n) is 1.72. The highest BCUT2D eigenvalue weighted by molar-refractivity contribution is 7.89. The summed E-state index contributed by atoms with van der Waals surface area (Å²) in [6, 6.07) is 6.69. The van der Waals surface area contributed by atoms with E-state index in [4.69, 9.17) is 0 Å². The van der Waals surface area contributed by atoms with Crippen LogP contribution in [0.1, 0.15) is 32.3 Å². The van der Waals surface area contributed by atoms with Gasteiger partial charge >= 0.3 is 0 Å². The van der Waals surface area contributed by atoms with Crippen molar-refractivity contribution in [3.63, 3.8) is 0 Å². The van der Waals surface area contributed by atoms with Gasteiger partial charge in [0.05, 0.1) is 4.90 Å². The Morgan fingerprint density at radius 2 is 1.84 bits per heavy atom. The highest BCUT2D eigenvalue weighted by Crippen LogP contribution is 2.11. The molecule has 0 fully saturated rings. The zero-order chi connectivity index (χ0) is 14.5. The third-order valence-electron chi connectivity index (χ3n) is 3.10. The lowest BCUT2D eigenvalue weighted by Crippen LogP contribution is -2.27. The van der Waals surface area contributed by atoms with Crippen LogP contribution in [0.15, 0.2) is 29.2 Å². The Morgan fingerprint density at radius 3 is 2.37 bits per heavy atom. The Kier molecular flexibility index (Phi) is 5.69. The van der Waals surface area contributed by atoms with Gasteiger partial charge < -0.3 is 0 Å². The van der Waals surface area contributed by atoms with Gasteiger partial charge in [-0.25, -0.2) is 13.1 Å². The van der Waals surface area contributed by atoms with Crippen molar-refractivity contribution >= 4 is 15.8 Å². The second-order valence-corrected chi connectivity index (χ2v) is 6.49. The van der Waals surface area contributed by atoms with Gasteiger partial charge in [-0.15, -0.1) is 0 Å². The molecule has 0 spiro atoms. The molecule has 0 bridgehead atoms. The van der Waals surface area contributed by atoms with Gasteiger partial charge in [0, 0.05) is 18.9 Å². The van der Waals surface area contributed by atoms with Gasteiger partial charge in [0.15, 0.2) is 0 Å². The maximum absolute atomic E-state index is 12.0. The normalized spacial score (nSPS) is 13.2. The lowest BCUT2D eigenvalue weighted by molar-refractivity contribution is -0.122. The van der Waals surface area contributed by atoms with E-state index in [-0.39, 0.29) is 23.1 Å². The van der Waals surface area contributed by atoms with Gasteiger partial charge in [-0.2, -0.15) is 0 Å². The maximum Gasteiger partial charge on any atom is 0.240 e. The molecule has 0 aliphatic rings. The van der Waals surface area contributed by atoms with Crippen LogP contribution in [0, 0.1) is 12.8 Å². The average molecular weight is 283 g/mol. The Morgan fingerprint density at radius 1 is 1.26 bits per heavy atom. The van der Waals surface area contributed by atoms with Gasteiger partial charge in [0.1, 0.15) is 5.78 Å². The number of nitrogens with one attached hydrogen (secondary N) is 1. The summed E-state index contributed by atoms with van der Waals surface area (Å²) in [5.41, 5.74) is 1.01. The van der Waals surface area contributed by atoms with Crippen molar-refractivity contribution in [1.29, 1.82) is 0 Å². The highest BCUT2D eigenvalue weighted by Gasteiger charge is 2.15. The van der Waals surface area contributed by atoms with Crippen molar-refractivity contribution in [3.05, 3.63) is 29.8 Å². The predicted molar refractivity (Wildman–Crippen MR) is 75.4 cm³/mol. The van der Waals surface area contributed by atoms with Crippen LogP contribution in [0.4, 0.5) is 0 Å². The first kappa shape index (κ1) is 15.9. The van der Waals surface area contributed by atoms with Gasteiger partial charge in [-0.1, -0.05) is 31.5 Å². The number of hydrogen-bond acceptors (Lipinski definition) is 3. The van der Waals surface area contributed by atoms with E-state index >= 15 is 0 Å². The molecule has 0 aliphatic heterocycles. The largest absolute Gasteiger partial charge is 0.299 e. The molecule has 0 heterocycles. The monoisotopic (exact) mass is 283 g/mol. The summed E-state index contributed by atoms with van der Waals surface area (Å²) in [4.78, 5) is 11.7.